The van der Waals surface area contributed by atoms with Gasteiger partial charge in [-0.1, -0.05) is 54.1 Å². The highest BCUT2D eigenvalue weighted by Crippen LogP contribution is 2.34. The highest BCUT2D eigenvalue weighted by Gasteiger charge is 2.28. The van der Waals surface area contributed by atoms with E-state index in [0.717, 1.165) is 16.7 Å². The first-order valence-corrected chi connectivity index (χ1v) is 10.2. The van der Waals surface area contributed by atoms with Gasteiger partial charge in [-0.15, -0.1) is 0 Å². The maximum Gasteiger partial charge on any atom is 0.226 e. The van der Waals surface area contributed by atoms with Crippen molar-refractivity contribution in [3.63, 3.8) is 0 Å². The van der Waals surface area contributed by atoms with Crippen LogP contribution >= 0.6 is 0 Å². The molecule has 0 radical (unpaired) electrons. The number of carbonyl (C=O) groups is 2. The van der Waals surface area contributed by atoms with Crippen LogP contribution < -0.4 is 10.1 Å². The van der Waals surface area contributed by atoms with Crippen LogP contribution in [0.4, 0.5) is 5.69 Å². The second-order valence-corrected chi connectivity index (χ2v) is 7.55. The number of para-hydroxylation sites is 2. The molecule has 0 spiro atoms. The monoisotopic (exact) mass is 412 g/mol. The van der Waals surface area contributed by atoms with E-state index < -0.39 is 0 Å². The molecule has 31 heavy (non-hydrogen) atoms. The van der Waals surface area contributed by atoms with Gasteiger partial charge in [-0.2, -0.15) is 0 Å². The Morgan fingerprint density at radius 2 is 1.68 bits per heavy atom. The fourth-order valence-electron chi connectivity index (χ4n) is 3.68. The number of fused-ring (bicyclic) bond motifs is 1. The molecule has 0 bridgehead atoms. The molecule has 3 aromatic rings. The van der Waals surface area contributed by atoms with E-state index in [4.69, 9.17) is 4.74 Å². The Hall–Kier alpha value is -3.86. The zero-order valence-electron chi connectivity index (χ0n) is 17.5. The van der Waals surface area contributed by atoms with Crippen LogP contribution in [-0.4, -0.2) is 16.7 Å². The SMILES string of the molecule is CC(=O)N1C=Cc2ccccc2[C@@H]1CC(=O)Nc1ccccc1Oc1ccc(C)cc1. The van der Waals surface area contributed by atoms with E-state index in [2.05, 4.69) is 5.32 Å². The molecule has 1 heterocycles. The number of amides is 2. The first kappa shape index (κ1) is 20.4. The molecule has 3 aromatic carbocycles. The van der Waals surface area contributed by atoms with Crippen molar-refractivity contribution in [2.75, 3.05) is 5.32 Å². The Kier molecular flexibility index (Phi) is 5.85. The van der Waals surface area contributed by atoms with E-state index in [-0.39, 0.29) is 24.3 Å². The zero-order valence-corrected chi connectivity index (χ0v) is 17.5. The maximum atomic E-state index is 13.0. The van der Waals surface area contributed by atoms with Gasteiger partial charge in [-0.3, -0.25) is 9.59 Å². The lowest BCUT2D eigenvalue weighted by atomic mass is 9.93. The fraction of sp³-hybridized carbons (Fsp3) is 0.154. The summed E-state index contributed by atoms with van der Waals surface area (Å²) in [7, 11) is 0. The van der Waals surface area contributed by atoms with Crippen molar-refractivity contribution in [2.45, 2.75) is 26.3 Å². The molecule has 0 saturated heterocycles. The van der Waals surface area contributed by atoms with E-state index >= 15 is 0 Å². The normalized spacial score (nSPS) is 14.6. The number of aryl methyl sites for hydroxylation is 1. The van der Waals surface area contributed by atoms with Gasteiger partial charge in [-0.25, -0.2) is 0 Å². The molecule has 0 fully saturated rings. The lowest BCUT2D eigenvalue weighted by Crippen LogP contribution is -2.33. The number of ether oxygens (including phenoxy) is 1. The summed E-state index contributed by atoms with van der Waals surface area (Å²) < 4.78 is 5.98. The summed E-state index contributed by atoms with van der Waals surface area (Å²) in [5.74, 6) is 0.960. The summed E-state index contributed by atoms with van der Waals surface area (Å²) >= 11 is 0. The average molecular weight is 412 g/mol. The third-order valence-corrected chi connectivity index (χ3v) is 5.26. The standard InChI is InChI=1S/C26H24N2O3/c1-18-11-13-21(14-12-18)31-25-10-6-5-9-23(25)27-26(30)17-24-22-8-4-3-7-20(22)15-16-28(24)19(2)29/h3-16,24H,17H2,1-2H3,(H,27,30)/t24-/m0/s1. The fourth-order valence-corrected chi connectivity index (χ4v) is 3.68. The molecule has 0 aliphatic carbocycles. The molecule has 0 aromatic heterocycles. The molecule has 5 nitrogen and oxygen atoms in total. The highest BCUT2D eigenvalue weighted by atomic mass is 16.5. The molecule has 1 N–H and O–H groups in total. The number of rotatable bonds is 5. The van der Waals surface area contributed by atoms with E-state index in [0.29, 0.717) is 17.2 Å². The van der Waals surface area contributed by atoms with E-state index in [9.17, 15) is 9.59 Å². The molecular weight excluding hydrogens is 388 g/mol. The molecule has 5 heteroatoms. The molecule has 156 valence electrons. The predicted octanol–water partition coefficient (Wildman–Crippen LogP) is 5.69. The lowest BCUT2D eigenvalue weighted by molar-refractivity contribution is -0.129. The molecule has 1 aliphatic heterocycles. The number of benzene rings is 3. The van der Waals surface area contributed by atoms with Gasteiger partial charge in [0.1, 0.15) is 5.75 Å². The minimum absolute atomic E-state index is 0.105. The number of carbonyl (C=O) groups excluding carboxylic acids is 2. The Morgan fingerprint density at radius 3 is 2.45 bits per heavy atom. The molecule has 2 amide bonds. The first-order chi connectivity index (χ1) is 15.0. The van der Waals surface area contributed by atoms with Crippen LogP contribution in [0, 0.1) is 6.92 Å². The maximum absolute atomic E-state index is 13.0. The smallest absolute Gasteiger partial charge is 0.226 e. The summed E-state index contributed by atoms with van der Waals surface area (Å²) in [6, 6.07) is 22.5. The van der Waals surface area contributed by atoms with Gasteiger partial charge in [0, 0.05) is 13.1 Å². The minimum Gasteiger partial charge on any atom is -0.455 e. The highest BCUT2D eigenvalue weighted by molar-refractivity contribution is 5.93. The lowest BCUT2D eigenvalue weighted by Gasteiger charge is -2.32. The van der Waals surface area contributed by atoms with Crippen molar-refractivity contribution in [3.05, 3.63) is 95.7 Å². The number of anilines is 1. The van der Waals surface area contributed by atoms with Crippen LogP contribution in [0.1, 0.15) is 36.1 Å². The van der Waals surface area contributed by atoms with Gasteiger partial charge >= 0.3 is 0 Å². The minimum atomic E-state index is -0.358. The van der Waals surface area contributed by atoms with Gasteiger partial charge in [-0.05, 0) is 48.4 Å². The summed E-state index contributed by atoms with van der Waals surface area (Å²) in [6.45, 7) is 3.52. The van der Waals surface area contributed by atoms with Crippen molar-refractivity contribution >= 4 is 23.6 Å². The van der Waals surface area contributed by atoms with Gasteiger partial charge in [0.05, 0.1) is 18.2 Å². The summed E-state index contributed by atoms with van der Waals surface area (Å²) in [6.07, 6.45) is 3.78. The molecule has 0 saturated carbocycles. The average Bonchev–Trinajstić information content (AvgIpc) is 2.76. The van der Waals surface area contributed by atoms with Crippen molar-refractivity contribution in [1.29, 1.82) is 0 Å². The Bertz CT molecular complexity index is 1140. The molecule has 4 rings (SSSR count). The van der Waals surface area contributed by atoms with E-state index in [1.807, 2.05) is 79.7 Å². The number of hydrogen-bond acceptors (Lipinski definition) is 3. The van der Waals surface area contributed by atoms with Crippen LogP contribution in [0.5, 0.6) is 11.5 Å². The van der Waals surface area contributed by atoms with Crippen LogP contribution in [0.3, 0.4) is 0 Å². The molecule has 0 unspecified atom stereocenters. The Labute approximate surface area is 182 Å². The van der Waals surface area contributed by atoms with Gasteiger partial charge in [0.15, 0.2) is 5.75 Å². The second kappa shape index (κ2) is 8.88. The number of nitrogens with one attached hydrogen (secondary N) is 1. The van der Waals surface area contributed by atoms with Gasteiger partial charge in [0.2, 0.25) is 11.8 Å². The zero-order chi connectivity index (χ0) is 21.8. The third kappa shape index (κ3) is 4.67. The van der Waals surface area contributed by atoms with Crippen molar-refractivity contribution in [3.8, 4) is 11.5 Å². The van der Waals surface area contributed by atoms with Gasteiger partial charge < -0.3 is 15.0 Å². The van der Waals surface area contributed by atoms with Crippen molar-refractivity contribution < 1.29 is 14.3 Å². The van der Waals surface area contributed by atoms with E-state index in [1.165, 1.54) is 6.92 Å². The summed E-state index contributed by atoms with van der Waals surface area (Å²) in [5, 5.41) is 2.95. The van der Waals surface area contributed by atoms with Gasteiger partial charge in [0.25, 0.3) is 0 Å². The summed E-state index contributed by atoms with van der Waals surface area (Å²) in [4.78, 5) is 26.8. The van der Waals surface area contributed by atoms with Crippen molar-refractivity contribution in [2.24, 2.45) is 0 Å². The molecule has 1 aliphatic rings. The molecule has 1 atom stereocenters. The number of nitrogens with zero attached hydrogens (tertiary/aromatic N) is 1. The van der Waals surface area contributed by atoms with Crippen LogP contribution in [0.2, 0.25) is 0 Å². The van der Waals surface area contributed by atoms with Crippen molar-refractivity contribution in [1.82, 2.24) is 4.90 Å². The summed E-state index contributed by atoms with van der Waals surface area (Å²) in [5.41, 5.74) is 3.70. The van der Waals surface area contributed by atoms with Crippen LogP contribution in [-0.2, 0) is 9.59 Å². The van der Waals surface area contributed by atoms with Crippen LogP contribution in [0.15, 0.2) is 79.0 Å². The Balaban J connectivity index is 1.53. The third-order valence-electron chi connectivity index (χ3n) is 5.26. The van der Waals surface area contributed by atoms with E-state index in [1.54, 1.807) is 17.2 Å². The van der Waals surface area contributed by atoms with Crippen LogP contribution in [0.25, 0.3) is 6.08 Å². The first-order valence-electron chi connectivity index (χ1n) is 10.2. The quantitative estimate of drug-likeness (QED) is 0.586. The largest absolute Gasteiger partial charge is 0.455 e. The predicted molar refractivity (Wildman–Crippen MR) is 122 cm³/mol. The molecular formula is C26H24N2O3. The topological polar surface area (TPSA) is 58.6 Å². The Morgan fingerprint density at radius 1 is 0.968 bits per heavy atom. The second-order valence-electron chi connectivity index (χ2n) is 7.55. The number of hydrogen-bond donors (Lipinski definition) is 1.